The number of hydrogen-bond acceptors (Lipinski definition) is 15. The summed E-state index contributed by atoms with van der Waals surface area (Å²) < 4.78 is 66.6. The summed E-state index contributed by atoms with van der Waals surface area (Å²) >= 11 is 0. The zero-order valence-corrected chi connectivity index (χ0v) is 21.7. The Bertz CT molecular complexity index is 891. The molecule has 0 aliphatic carbocycles. The summed E-state index contributed by atoms with van der Waals surface area (Å²) in [6.07, 6.45) is 0. The highest BCUT2D eigenvalue weighted by molar-refractivity contribution is 7.61. The van der Waals surface area contributed by atoms with Crippen molar-refractivity contribution in [3.8, 4) is 0 Å². The van der Waals surface area contributed by atoms with Crippen LogP contribution in [0.25, 0.3) is 0 Å². The van der Waals surface area contributed by atoms with E-state index in [0.29, 0.717) is 0 Å². The second-order valence-electron chi connectivity index (χ2n) is 4.60. The standard InChI is InChI=1S/C3H6N6.3H4O7P2/c4-1-7-2(5)9-3(6)8-1;3*1-8(2,3)7-9(4,5)6/h(H6,4,5,6,7,8,9);3*(H2,1,2,3)(H2,4,5,6). The van der Waals surface area contributed by atoms with E-state index in [0.717, 1.165) is 0 Å². The topological polar surface area (TPSA) is 490 Å². The summed E-state index contributed by atoms with van der Waals surface area (Å²) in [6, 6.07) is 0. The summed E-state index contributed by atoms with van der Waals surface area (Å²) in [6.45, 7) is 0. The third-order valence-corrected chi connectivity index (χ3v) is 6.43. The molecule has 0 spiro atoms. The molecule has 0 unspecified atom stereocenters. The molecule has 0 radical (unpaired) electrons. The number of hydrogen-bond donors (Lipinski definition) is 15. The first-order valence-electron chi connectivity index (χ1n) is 6.80. The fourth-order valence-corrected chi connectivity index (χ4v) is 4.17. The molecule has 1 aromatic rings. The minimum Gasteiger partial charge on any atom is -0.368 e. The van der Waals surface area contributed by atoms with Crippen LogP contribution in [0.4, 0.5) is 17.8 Å². The van der Waals surface area contributed by atoms with Gasteiger partial charge in [0.1, 0.15) is 0 Å². The second-order valence-corrected chi connectivity index (χ2v) is 12.4. The third-order valence-electron chi connectivity index (χ3n) is 1.33. The van der Waals surface area contributed by atoms with E-state index in [9.17, 15) is 27.4 Å². The van der Waals surface area contributed by atoms with Crippen molar-refractivity contribution in [2.45, 2.75) is 0 Å². The number of rotatable bonds is 6. The van der Waals surface area contributed by atoms with Crippen molar-refractivity contribution in [3.63, 3.8) is 0 Å². The van der Waals surface area contributed by atoms with Gasteiger partial charge in [0.05, 0.1) is 0 Å². The van der Waals surface area contributed by atoms with Crippen LogP contribution in [0.15, 0.2) is 0 Å². The lowest BCUT2D eigenvalue weighted by Crippen LogP contribution is -2.05. The molecule has 27 nitrogen and oxygen atoms in total. The third kappa shape index (κ3) is 40.4. The number of phosphoric acid groups is 6. The van der Waals surface area contributed by atoms with Crippen LogP contribution >= 0.6 is 46.9 Å². The van der Waals surface area contributed by atoms with E-state index in [1.54, 1.807) is 0 Å². The maximum Gasteiger partial charge on any atom is 0.478 e. The van der Waals surface area contributed by atoms with Crippen molar-refractivity contribution in [2.24, 2.45) is 0 Å². The zero-order chi connectivity index (χ0) is 30.0. The predicted octanol–water partition coefficient (Wildman–Crippen LogP) is -3.82. The van der Waals surface area contributed by atoms with Gasteiger partial charge in [0, 0.05) is 0 Å². The minimum atomic E-state index is -5.05. The highest BCUT2D eigenvalue weighted by Crippen LogP contribution is 2.55. The molecule has 33 heteroatoms. The van der Waals surface area contributed by atoms with E-state index in [-0.39, 0.29) is 17.8 Å². The fourth-order valence-electron chi connectivity index (χ4n) is 0.843. The molecule has 216 valence electrons. The van der Waals surface area contributed by atoms with Crippen LogP contribution in [0.1, 0.15) is 0 Å². The highest BCUT2D eigenvalue weighted by Gasteiger charge is 2.29. The molecule has 0 fully saturated rings. The smallest absolute Gasteiger partial charge is 0.368 e. The Balaban J connectivity index is -0.000000403. The Morgan fingerprint density at radius 1 is 0.389 bits per heavy atom. The quantitative estimate of drug-likeness (QED) is 0.130. The molecule has 0 aliphatic rings. The normalized spacial score (nSPS) is 12.7. The van der Waals surface area contributed by atoms with E-state index < -0.39 is 46.9 Å². The van der Waals surface area contributed by atoms with Crippen LogP contribution in [0, 0.1) is 0 Å². The van der Waals surface area contributed by atoms with Crippen LogP contribution in [0.3, 0.4) is 0 Å². The van der Waals surface area contributed by atoms with Crippen LogP contribution < -0.4 is 17.2 Å². The first kappa shape index (κ1) is 39.7. The van der Waals surface area contributed by atoms with Crippen molar-refractivity contribution in [2.75, 3.05) is 17.2 Å². The van der Waals surface area contributed by atoms with Crippen molar-refractivity contribution >= 4 is 64.8 Å². The van der Waals surface area contributed by atoms with Crippen LogP contribution in [-0.2, 0) is 40.3 Å². The molecule has 0 aromatic carbocycles. The van der Waals surface area contributed by atoms with E-state index >= 15 is 0 Å². The van der Waals surface area contributed by atoms with Crippen LogP contribution in [0.2, 0.25) is 0 Å². The van der Waals surface area contributed by atoms with Crippen molar-refractivity contribution < 1.29 is 99.0 Å². The maximum atomic E-state index is 9.63. The Hall–Kier alpha value is -0.810. The highest BCUT2D eigenvalue weighted by atomic mass is 31.3. The zero-order valence-electron chi connectivity index (χ0n) is 16.3. The molecule has 0 saturated heterocycles. The maximum absolute atomic E-state index is 9.63. The van der Waals surface area contributed by atoms with Gasteiger partial charge in [0.15, 0.2) is 0 Å². The molecule has 0 bridgehead atoms. The summed E-state index contributed by atoms with van der Waals surface area (Å²) in [4.78, 5) is 103. The molecular formula is C3H18N6O21P6. The summed E-state index contributed by atoms with van der Waals surface area (Å²) in [5, 5.41) is 0. The van der Waals surface area contributed by atoms with Gasteiger partial charge in [-0.1, -0.05) is 0 Å². The van der Waals surface area contributed by atoms with E-state index in [1.165, 1.54) is 0 Å². The number of nitrogen functional groups attached to an aromatic ring is 3. The number of anilines is 3. The lowest BCUT2D eigenvalue weighted by atomic mass is 10.9. The second kappa shape index (κ2) is 15.0. The molecule has 1 rings (SSSR count). The Kier molecular flexibility index (Phi) is 16.5. The van der Waals surface area contributed by atoms with Gasteiger partial charge in [-0.2, -0.15) is 27.9 Å². The molecule has 1 aromatic heterocycles. The minimum absolute atomic E-state index is 0.0417. The molecule has 0 saturated carbocycles. The van der Waals surface area contributed by atoms with Gasteiger partial charge in [-0.3, -0.25) is 0 Å². The molecule has 1 heterocycles. The van der Waals surface area contributed by atoms with Gasteiger partial charge in [0.25, 0.3) is 0 Å². The Morgan fingerprint density at radius 2 is 0.500 bits per heavy atom. The number of nitrogens with two attached hydrogens (primary N) is 3. The van der Waals surface area contributed by atoms with Gasteiger partial charge >= 0.3 is 46.9 Å². The van der Waals surface area contributed by atoms with Crippen molar-refractivity contribution in [3.05, 3.63) is 0 Å². The van der Waals surface area contributed by atoms with Crippen molar-refractivity contribution in [1.29, 1.82) is 0 Å². The predicted molar refractivity (Wildman–Crippen MR) is 109 cm³/mol. The summed E-state index contributed by atoms with van der Waals surface area (Å²) in [5.41, 5.74) is 15.4. The van der Waals surface area contributed by atoms with E-state index in [1.807, 2.05) is 0 Å². The SMILES string of the molecule is Nc1nc(N)nc(N)n1.O=P(O)(O)OP(=O)(O)O.O=P(O)(O)OP(=O)(O)O.O=P(O)(O)OP(=O)(O)O. The Morgan fingerprint density at radius 3 is 0.556 bits per heavy atom. The number of aromatic nitrogens is 3. The molecule has 0 amide bonds. The fraction of sp³-hybridized carbons (Fsp3) is 0. The lowest BCUT2D eigenvalue weighted by molar-refractivity contribution is 0.221. The van der Waals surface area contributed by atoms with Crippen LogP contribution in [0.5, 0.6) is 0 Å². The summed E-state index contributed by atoms with van der Waals surface area (Å²) in [5.74, 6) is 0.125. The first-order chi connectivity index (χ1) is 15.3. The average Bonchev–Trinajstić information content (AvgIpc) is 2.33. The van der Waals surface area contributed by atoms with Crippen molar-refractivity contribution in [1.82, 2.24) is 15.0 Å². The van der Waals surface area contributed by atoms with Gasteiger partial charge in [-0.25, -0.2) is 27.4 Å². The average molecular weight is 660 g/mol. The molecule has 36 heavy (non-hydrogen) atoms. The number of nitrogens with zero attached hydrogens (tertiary/aromatic N) is 3. The summed E-state index contributed by atoms with van der Waals surface area (Å²) in [7, 11) is -30.3. The van der Waals surface area contributed by atoms with Gasteiger partial charge in [0.2, 0.25) is 17.8 Å². The Labute approximate surface area is 196 Å². The molecule has 18 N–H and O–H groups in total. The van der Waals surface area contributed by atoms with E-state index in [2.05, 4.69) is 27.9 Å². The lowest BCUT2D eigenvalue weighted by Gasteiger charge is -2.03. The van der Waals surface area contributed by atoms with Gasteiger partial charge in [-0.15, -0.1) is 0 Å². The van der Waals surface area contributed by atoms with Gasteiger partial charge in [-0.05, 0) is 0 Å². The van der Waals surface area contributed by atoms with Gasteiger partial charge < -0.3 is 75.9 Å². The largest absolute Gasteiger partial charge is 0.478 e. The monoisotopic (exact) mass is 660 g/mol. The van der Waals surface area contributed by atoms with Crippen LogP contribution in [-0.4, -0.2) is 73.7 Å². The molecule has 0 aliphatic heterocycles. The first-order valence-corrected chi connectivity index (χ1v) is 16.0. The molecular weight excluding hydrogens is 642 g/mol. The van der Waals surface area contributed by atoms with E-state index in [4.69, 9.17) is 75.9 Å². The molecule has 0 atom stereocenters.